The molecule has 10 nitrogen and oxygen atoms in total. The number of benzene rings is 2. The largest absolute Gasteiger partial charge is 0.467 e. The maximum absolute atomic E-state index is 13.2. The number of carbonyl (C=O) groups is 4. The number of unbranched alkanes of at least 4 members (excludes halogenated alkanes) is 1. The van der Waals surface area contributed by atoms with Gasteiger partial charge in [-0.15, -0.1) is 6.58 Å². The number of alkyl carbamates (subject to hydrolysis) is 2. The molecule has 0 spiro atoms. The number of hydrogen-bond donors (Lipinski definition) is 3. The van der Waals surface area contributed by atoms with Gasteiger partial charge in [-0.3, -0.25) is 4.79 Å². The molecule has 0 saturated heterocycles. The van der Waals surface area contributed by atoms with E-state index in [0.29, 0.717) is 19.4 Å². The van der Waals surface area contributed by atoms with Crippen molar-refractivity contribution in [2.75, 3.05) is 20.3 Å². The summed E-state index contributed by atoms with van der Waals surface area (Å²) < 4.78 is 15.6. The molecule has 1 unspecified atom stereocenters. The van der Waals surface area contributed by atoms with Crippen molar-refractivity contribution in [3.05, 3.63) is 72.3 Å². The predicted molar refractivity (Wildman–Crippen MR) is 159 cm³/mol. The topological polar surface area (TPSA) is 132 Å². The van der Waals surface area contributed by atoms with Crippen molar-refractivity contribution in [1.29, 1.82) is 0 Å². The minimum absolute atomic E-state index is 0.0925. The maximum Gasteiger partial charge on any atom is 0.407 e. The first kappa shape index (κ1) is 32.2. The molecule has 3 amide bonds. The third-order valence-electron chi connectivity index (χ3n) is 6.74. The molecular weight excluding hydrogens is 538 g/mol. The van der Waals surface area contributed by atoms with Crippen molar-refractivity contribution in [2.45, 2.75) is 70.1 Å². The number of amides is 3. The van der Waals surface area contributed by atoms with Crippen molar-refractivity contribution in [3.8, 4) is 11.1 Å². The van der Waals surface area contributed by atoms with Crippen molar-refractivity contribution in [3.63, 3.8) is 0 Å². The van der Waals surface area contributed by atoms with E-state index in [9.17, 15) is 19.2 Å². The van der Waals surface area contributed by atoms with Gasteiger partial charge in [-0.2, -0.15) is 0 Å². The van der Waals surface area contributed by atoms with Crippen molar-refractivity contribution in [2.24, 2.45) is 0 Å². The molecule has 0 heterocycles. The quantitative estimate of drug-likeness (QED) is 0.134. The number of carbonyl (C=O) groups excluding carboxylic acids is 4. The average molecular weight is 580 g/mol. The van der Waals surface area contributed by atoms with Gasteiger partial charge in [0.05, 0.1) is 7.11 Å². The predicted octanol–water partition coefficient (Wildman–Crippen LogP) is 4.82. The van der Waals surface area contributed by atoms with Crippen LogP contribution < -0.4 is 16.0 Å². The second-order valence-corrected chi connectivity index (χ2v) is 11.1. The van der Waals surface area contributed by atoms with Gasteiger partial charge in [0.1, 0.15) is 24.3 Å². The van der Waals surface area contributed by atoms with E-state index in [-0.39, 0.29) is 25.4 Å². The van der Waals surface area contributed by atoms with Crippen LogP contribution in [-0.4, -0.2) is 62.0 Å². The molecule has 42 heavy (non-hydrogen) atoms. The Morgan fingerprint density at radius 1 is 0.905 bits per heavy atom. The number of hydrogen-bond acceptors (Lipinski definition) is 7. The van der Waals surface area contributed by atoms with E-state index >= 15 is 0 Å². The first-order chi connectivity index (χ1) is 20.0. The minimum Gasteiger partial charge on any atom is -0.467 e. The summed E-state index contributed by atoms with van der Waals surface area (Å²) in [5.41, 5.74) is 3.75. The molecule has 0 bridgehead atoms. The summed E-state index contributed by atoms with van der Waals surface area (Å²) in [4.78, 5) is 50.2. The van der Waals surface area contributed by atoms with Crippen LogP contribution in [0.3, 0.4) is 0 Å². The molecule has 0 aromatic heterocycles. The van der Waals surface area contributed by atoms with Crippen molar-refractivity contribution < 1.29 is 33.4 Å². The highest BCUT2D eigenvalue weighted by atomic mass is 16.6. The zero-order chi connectivity index (χ0) is 30.7. The summed E-state index contributed by atoms with van der Waals surface area (Å²) in [6.45, 7) is 9.38. The van der Waals surface area contributed by atoms with Gasteiger partial charge < -0.3 is 30.2 Å². The zero-order valence-electron chi connectivity index (χ0n) is 24.7. The Labute approximate surface area is 247 Å². The molecule has 3 N–H and O–H groups in total. The molecule has 2 atom stereocenters. The lowest BCUT2D eigenvalue weighted by molar-refractivity contribution is -0.145. The molecular formula is C32H41N3O7. The summed E-state index contributed by atoms with van der Waals surface area (Å²) in [5.74, 6) is -1.31. The van der Waals surface area contributed by atoms with Crippen LogP contribution in [0.2, 0.25) is 0 Å². The van der Waals surface area contributed by atoms with Crippen LogP contribution in [0.25, 0.3) is 11.1 Å². The van der Waals surface area contributed by atoms with Crippen LogP contribution in [0.15, 0.2) is 61.2 Å². The molecule has 10 heteroatoms. The summed E-state index contributed by atoms with van der Waals surface area (Å²) in [6.07, 6.45) is 1.65. The van der Waals surface area contributed by atoms with Crippen LogP contribution in [0.4, 0.5) is 9.59 Å². The van der Waals surface area contributed by atoms with E-state index in [1.807, 2.05) is 48.5 Å². The summed E-state index contributed by atoms with van der Waals surface area (Å²) in [6, 6.07) is 14.1. The third-order valence-corrected chi connectivity index (χ3v) is 6.74. The highest BCUT2D eigenvalue weighted by Crippen LogP contribution is 2.44. The van der Waals surface area contributed by atoms with E-state index in [1.165, 1.54) is 13.2 Å². The fraction of sp³-hybridized carbons (Fsp3) is 0.438. The molecule has 0 radical (unpaired) electrons. The SMILES string of the molecule is C=CCC(NC(=O)[C@@H](CCCCNC(=O)OC(C)(C)C)NC(=O)OCC1c2ccccc2-c2ccccc21)C(=O)OC. The lowest BCUT2D eigenvalue weighted by Crippen LogP contribution is -2.52. The number of nitrogens with one attached hydrogen (secondary N) is 3. The van der Waals surface area contributed by atoms with Gasteiger partial charge in [-0.05, 0) is 68.7 Å². The first-order valence-electron chi connectivity index (χ1n) is 14.1. The average Bonchev–Trinajstić information content (AvgIpc) is 3.27. The maximum atomic E-state index is 13.2. The molecule has 2 aromatic carbocycles. The van der Waals surface area contributed by atoms with Gasteiger partial charge in [-0.25, -0.2) is 14.4 Å². The Kier molecular flexibility index (Phi) is 11.5. The lowest BCUT2D eigenvalue weighted by atomic mass is 9.98. The molecule has 0 aliphatic heterocycles. The Morgan fingerprint density at radius 2 is 1.52 bits per heavy atom. The van der Waals surface area contributed by atoms with Gasteiger partial charge in [0.2, 0.25) is 5.91 Å². The molecule has 1 aliphatic rings. The lowest BCUT2D eigenvalue weighted by Gasteiger charge is -2.22. The number of rotatable bonds is 13. The Hall–Kier alpha value is -4.34. The molecule has 226 valence electrons. The minimum atomic E-state index is -0.987. The highest BCUT2D eigenvalue weighted by Gasteiger charge is 2.30. The summed E-state index contributed by atoms with van der Waals surface area (Å²) in [5, 5.41) is 7.97. The van der Waals surface area contributed by atoms with Gasteiger partial charge >= 0.3 is 18.2 Å². The van der Waals surface area contributed by atoms with Crippen LogP contribution in [0, 0.1) is 0 Å². The Morgan fingerprint density at radius 3 is 2.10 bits per heavy atom. The molecule has 2 aromatic rings. The van der Waals surface area contributed by atoms with E-state index in [2.05, 4.69) is 22.5 Å². The van der Waals surface area contributed by atoms with Crippen LogP contribution in [-0.2, 0) is 23.8 Å². The van der Waals surface area contributed by atoms with Gasteiger partial charge in [0.25, 0.3) is 0 Å². The fourth-order valence-electron chi connectivity index (χ4n) is 4.82. The van der Waals surface area contributed by atoms with Crippen LogP contribution in [0.1, 0.15) is 63.5 Å². The molecule has 0 fully saturated rings. The Balaban J connectivity index is 1.62. The van der Waals surface area contributed by atoms with Crippen LogP contribution >= 0.6 is 0 Å². The van der Waals surface area contributed by atoms with Crippen molar-refractivity contribution in [1.82, 2.24) is 16.0 Å². The molecule has 1 aliphatic carbocycles. The van der Waals surface area contributed by atoms with Crippen molar-refractivity contribution >= 4 is 24.1 Å². The van der Waals surface area contributed by atoms with E-state index in [1.54, 1.807) is 20.8 Å². The number of esters is 1. The van der Waals surface area contributed by atoms with E-state index < -0.39 is 41.7 Å². The summed E-state index contributed by atoms with van der Waals surface area (Å²) >= 11 is 0. The monoisotopic (exact) mass is 579 g/mol. The smallest absolute Gasteiger partial charge is 0.407 e. The number of ether oxygens (including phenoxy) is 3. The number of methoxy groups -OCH3 is 1. The standard InChI is InChI=1S/C32H41N3O7/c1-6-13-27(29(37)40-5)34-28(36)26(18-11-12-19-33-30(38)42-32(2,3)4)35-31(39)41-20-25-23-16-9-7-14-21(23)22-15-8-10-17-24(22)25/h6-10,14-17,25-27H,1,11-13,18-20H2,2-5H3,(H,33,38)(H,34,36)(H,35,39)/t26-,27?/m1/s1. The summed E-state index contributed by atoms with van der Waals surface area (Å²) in [7, 11) is 1.23. The van der Waals surface area contributed by atoms with Gasteiger partial charge in [0, 0.05) is 12.5 Å². The normalized spacial score (nSPS) is 13.5. The second kappa shape index (κ2) is 15.0. The Bertz CT molecular complexity index is 1230. The zero-order valence-corrected chi connectivity index (χ0v) is 24.7. The third kappa shape index (κ3) is 9.09. The fourth-order valence-corrected chi connectivity index (χ4v) is 4.82. The van der Waals surface area contributed by atoms with Gasteiger partial charge in [-0.1, -0.05) is 54.6 Å². The second-order valence-electron chi connectivity index (χ2n) is 11.1. The number of fused-ring (bicyclic) bond motifs is 3. The molecule has 3 rings (SSSR count). The van der Waals surface area contributed by atoms with E-state index in [4.69, 9.17) is 14.2 Å². The van der Waals surface area contributed by atoms with Crippen LogP contribution in [0.5, 0.6) is 0 Å². The van der Waals surface area contributed by atoms with E-state index in [0.717, 1.165) is 22.3 Å². The highest BCUT2D eigenvalue weighted by molar-refractivity contribution is 5.89. The first-order valence-corrected chi connectivity index (χ1v) is 14.1. The molecule has 0 saturated carbocycles. The van der Waals surface area contributed by atoms with Gasteiger partial charge in [0.15, 0.2) is 0 Å².